The molecule has 4 heteroatoms. The number of carbonyl (C=O) groups excluding carboxylic acids is 2. The van der Waals surface area contributed by atoms with Crippen molar-refractivity contribution in [1.29, 1.82) is 0 Å². The Morgan fingerprint density at radius 2 is 2.05 bits per heavy atom. The molecule has 1 aromatic carbocycles. The molecule has 0 spiro atoms. The molecule has 108 valence electrons. The van der Waals surface area contributed by atoms with E-state index < -0.39 is 5.97 Å². The number of hydrogen-bond donors (Lipinski definition) is 0. The Hall–Kier alpha value is -2.36. The van der Waals surface area contributed by atoms with Crippen molar-refractivity contribution in [3.05, 3.63) is 59.0 Å². The Kier molecular flexibility index (Phi) is 3.60. The van der Waals surface area contributed by atoms with E-state index in [1.54, 1.807) is 6.92 Å². The van der Waals surface area contributed by atoms with Crippen LogP contribution in [0.2, 0.25) is 0 Å². The van der Waals surface area contributed by atoms with Gasteiger partial charge in [0.25, 0.3) is 0 Å². The quantitative estimate of drug-likeness (QED) is 0.811. The van der Waals surface area contributed by atoms with Crippen molar-refractivity contribution in [2.75, 3.05) is 6.61 Å². The highest BCUT2D eigenvalue weighted by atomic mass is 16.5. The number of rotatable bonds is 3. The first kappa shape index (κ1) is 13.6. The minimum absolute atomic E-state index is 0.0180. The largest absolute Gasteiger partial charge is 0.460 e. The van der Waals surface area contributed by atoms with Crippen molar-refractivity contribution in [2.45, 2.75) is 25.7 Å². The molecule has 0 saturated heterocycles. The molecule has 0 amide bonds. The van der Waals surface area contributed by atoms with Crippen LogP contribution in [-0.4, -0.2) is 18.4 Å². The second-order valence-corrected chi connectivity index (χ2v) is 5.11. The molecule has 4 nitrogen and oxygen atoms in total. The molecule has 1 atom stereocenters. The van der Waals surface area contributed by atoms with E-state index in [0.717, 1.165) is 5.56 Å². The fraction of sp³-hybridized carbons (Fsp3) is 0.294. The van der Waals surface area contributed by atoms with Gasteiger partial charge in [-0.1, -0.05) is 30.3 Å². The van der Waals surface area contributed by atoms with Gasteiger partial charge in [-0.3, -0.25) is 4.79 Å². The monoisotopic (exact) mass is 284 g/mol. The summed E-state index contributed by atoms with van der Waals surface area (Å²) >= 11 is 0. The van der Waals surface area contributed by atoms with Gasteiger partial charge in [-0.25, -0.2) is 4.79 Å². The van der Waals surface area contributed by atoms with Gasteiger partial charge in [0.15, 0.2) is 5.78 Å². The normalized spacial score (nSPS) is 17.4. The van der Waals surface area contributed by atoms with Gasteiger partial charge in [0, 0.05) is 18.9 Å². The summed E-state index contributed by atoms with van der Waals surface area (Å²) in [4.78, 5) is 23.9. The molecular weight excluding hydrogens is 268 g/mol. The first-order valence-electron chi connectivity index (χ1n) is 7.07. The van der Waals surface area contributed by atoms with Crippen LogP contribution in [0.15, 0.2) is 40.8 Å². The first-order valence-corrected chi connectivity index (χ1v) is 7.07. The Bertz CT molecular complexity index is 669. The molecule has 1 aromatic heterocycles. The van der Waals surface area contributed by atoms with E-state index in [-0.39, 0.29) is 24.1 Å². The second kappa shape index (κ2) is 5.56. The van der Waals surface area contributed by atoms with Gasteiger partial charge in [-0.15, -0.1) is 0 Å². The number of fused-ring (bicyclic) bond motifs is 1. The first-order chi connectivity index (χ1) is 10.2. The maximum absolute atomic E-state index is 12.3. The lowest BCUT2D eigenvalue weighted by atomic mass is 9.83. The summed E-state index contributed by atoms with van der Waals surface area (Å²) in [6.45, 7) is 2.02. The summed E-state index contributed by atoms with van der Waals surface area (Å²) < 4.78 is 10.5. The van der Waals surface area contributed by atoms with Crippen LogP contribution < -0.4 is 0 Å². The molecule has 0 aliphatic heterocycles. The van der Waals surface area contributed by atoms with Crippen LogP contribution in [0.1, 0.15) is 51.5 Å². The molecule has 1 heterocycles. The van der Waals surface area contributed by atoms with Gasteiger partial charge in [0.05, 0.1) is 12.2 Å². The minimum Gasteiger partial charge on any atom is -0.460 e. The summed E-state index contributed by atoms with van der Waals surface area (Å²) in [7, 11) is 0. The van der Waals surface area contributed by atoms with E-state index in [0.29, 0.717) is 24.2 Å². The molecule has 0 saturated carbocycles. The SMILES string of the molecule is CCOC(=O)c1cc2c(o1)CC(c1ccccc1)CC2=O. The predicted molar refractivity (Wildman–Crippen MR) is 76.5 cm³/mol. The van der Waals surface area contributed by atoms with Crippen LogP contribution in [0.3, 0.4) is 0 Å². The van der Waals surface area contributed by atoms with Crippen LogP contribution in [0.25, 0.3) is 0 Å². The van der Waals surface area contributed by atoms with E-state index in [1.165, 1.54) is 6.07 Å². The third-order valence-corrected chi connectivity index (χ3v) is 3.72. The fourth-order valence-electron chi connectivity index (χ4n) is 2.71. The number of benzene rings is 1. The van der Waals surface area contributed by atoms with Crippen LogP contribution >= 0.6 is 0 Å². The molecule has 1 unspecified atom stereocenters. The molecular formula is C17H16O4. The van der Waals surface area contributed by atoms with Gasteiger partial charge in [-0.2, -0.15) is 0 Å². The molecule has 0 bridgehead atoms. The number of esters is 1. The third kappa shape index (κ3) is 2.61. The maximum Gasteiger partial charge on any atom is 0.374 e. The summed E-state index contributed by atoms with van der Waals surface area (Å²) in [6.07, 6.45) is 1.07. The van der Waals surface area contributed by atoms with Gasteiger partial charge < -0.3 is 9.15 Å². The number of Topliss-reactive ketones (excluding diaryl/α,β-unsaturated/α-hetero) is 1. The predicted octanol–water partition coefficient (Wildman–Crippen LogP) is 3.37. The van der Waals surface area contributed by atoms with Crippen molar-refractivity contribution < 1.29 is 18.7 Å². The Morgan fingerprint density at radius 3 is 2.76 bits per heavy atom. The van der Waals surface area contributed by atoms with Crippen molar-refractivity contribution in [3.8, 4) is 0 Å². The highest BCUT2D eigenvalue weighted by molar-refractivity contribution is 6.00. The Balaban J connectivity index is 1.88. The number of furan rings is 1. The van der Waals surface area contributed by atoms with Gasteiger partial charge >= 0.3 is 5.97 Å². The standard InChI is InChI=1S/C17H16O4/c1-2-20-17(19)16-10-13-14(18)8-12(9-15(13)21-16)11-6-4-3-5-7-11/h3-7,10,12H,2,8-9H2,1H3. The van der Waals surface area contributed by atoms with Crippen LogP contribution in [0.4, 0.5) is 0 Å². The highest BCUT2D eigenvalue weighted by Crippen LogP contribution is 2.34. The van der Waals surface area contributed by atoms with E-state index >= 15 is 0 Å². The zero-order chi connectivity index (χ0) is 14.8. The summed E-state index contributed by atoms with van der Waals surface area (Å²) in [5.74, 6) is 0.305. The Morgan fingerprint density at radius 1 is 1.29 bits per heavy atom. The summed E-state index contributed by atoms with van der Waals surface area (Å²) in [5.41, 5.74) is 1.64. The van der Waals surface area contributed by atoms with Gasteiger partial charge in [0.1, 0.15) is 5.76 Å². The summed E-state index contributed by atoms with van der Waals surface area (Å²) in [6, 6.07) is 11.4. The van der Waals surface area contributed by atoms with Gasteiger partial charge in [0.2, 0.25) is 5.76 Å². The molecule has 0 N–H and O–H groups in total. The number of ether oxygens (including phenoxy) is 1. The van der Waals surface area contributed by atoms with Crippen LogP contribution in [0, 0.1) is 0 Å². The number of ketones is 1. The molecule has 21 heavy (non-hydrogen) atoms. The lowest BCUT2D eigenvalue weighted by Crippen LogP contribution is -2.17. The van der Waals surface area contributed by atoms with E-state index in [9.17, 15) is 9.59 Å². The van der Waals surface area contributed by atoms with Crippen molar-refractivity contribution in [3.63, 3.8) is 0 Å². The molecule has 2 aromatic rings. The van der Waals surface area contributed by atoms with Crippen LogP contribution in [0.5, 0.6) is 0 Å². The van der Waals surface area contributed by atoms with Crippen molar-refractivity contribution in [1.82, 2.24) is 0 Å². The number of hydrogen-bond acceptors (Lipinski definition) is 4. The lowest BCUT2D eigenvalue weighted by Gasteiger charge is -2.20. The van der Waals surface area contributed by atoms with E-state index in [2.05, 4.69) is 0 Å². The van der Waals surface area contributed by atoms with E-state index in [1.807, 2.05) is 30.3 Å². The average Bonchev–Trinajstić information content (AvgIpc) is 2.93. The zero-order valence-corrected chi connectivity index (χ0v) is 11.8. The molecule has 1 aliphatic rings. The third-order valence-electron chi connectivity index (χ3n) is 3.72. The molecule has 3 rings (SSSR count). The fourth-order valence-corrected chi connectivity index (χ4v) is 2.71. The smallest absolute Gasteiger partial charge is 0.374 e. The lowest BCUT2D eigenvalue weighted by molar-refractivity contribution is 0.0487. The van der Waals surface area contributed by atoms with Crippen molar-refractivity contribution in [2.24, 2.45) is 0 Å². The topological polar surface area (TPSA) is 56.5 Å². The highest BCUT2D eigenvalue weighted by Gasteiger charge is 2.31. The second-order valence-electron chi connectivity index (χ2n) is 5.11. The minimum atomic E-state index is -0.518. The van der Waals surface area contributed by atoms with Crippen molar-refractivity contribution >= 4 is 11.8 Å². The summed E-state index contributed by atoms with van der Waals surface area (Å²) in [5, 5.41) is 0. The molecule has 0 fully saturated rings. The Labute approximate surface area is 122 Å². The molecule has 0 radical (unpaired) electrons. The molecule has 1 aliphatic carbocycles. The van der Waals surface area contributed by atoms with Crippen LogP contribution in [-0.2, 0) is 11.2 Å². The maximum atomic E-state index is 12.3. The number of carbonyl (C=O) groups is 2. The average molecular weight is 284 g/mol. The van der Waals surface area contributed by atoms with Gasteiger partial charge in [-0.05, 0) is 18.4 Å². The van der Waals surface area contributed by atoms with E-state index in [4.69, 9.17) is 9.15 Å². The zero-order valence-electron chi connectivity index (χ0n) is 11.8.